The number of amides is 3. The predicted molar refractivity (Wildman–Crippen MR) is 53.8 cm³/mol. The molecule has 6 nitrogen and oxygen atoms in total. The zero-order chi connectivity index (χ0) is 11.1. The van der Waals surface area contributed by atoms with E-state index in [0.29, 0.717) is 5.92 Å². The number of nitrogens with two attached hydrogens (primary N) is 2. The lowest BCUT2D eigenvalue weighted by atomic mass is 9.86. The molecule has 3 amide bonds. The SMILES string of the molecule is NC(=O)NC(=O)CN1CC(N)(C2CC2)C1. The Morgan fingerprint density at radius 3 is 2.47 bits per heavy atom. The number of urea groups is 1. The third-order valence-corrected chi connectivity index (χ3v) is 3.06. The van der Waals surface area contributed by atoms with E-state index in [1.165, 1.54) is 12.8 Å². The van der Waals surface area contributed by atoms with Crippen molar-refractivity contribution in [2.24, 2.45) is 17.4 Å². The quantitative estimate of drug-likeness (QED) is 0.535. The molecule has 6 heteroatoms. The zero-order valence-electron chi connectivity index (χ0n) is 8.53. The van der Waals surface area contributed by atoms with Gasteiger partial charge in [-0.2, -0.15) is 0 Å². The number of nitrogens with zero attached hydrogens (tertiary/aromatic N) is 1. The van der Waals surface area contributed by atoms with Crippen LogP contribution in [0, 0.1) is 5.92 Å². The highest BCUT2D eigenvalue weighted by Crippen LogP contribution is 2.42. The van der Waals surface area contributed by atoms with E-state index in [9.17, 15) is 9.59 Å². The minimum absolute atomic E-state index is 0.0903. The molecule has 2 fully saturated rings. The van der Waals surface area contributed by atoms with E-state index in [4.69, 9.17) is 11.5 Å². The first-order valence-electron chi connectivity index (χ1n) is 5.10. The van der Waals surface area contributed by atoms with Gasteiger partial charge in [0.1, 0.15) is 0 Å². The second-order valence-electron chi connectivity index (χ2n) is 4.57. The van der Waals surface area contributed by atoms with E-state index in [-0.39, 0.29) is 18.0 Å². The summed E-state index contributed by atoms with van der Waals surface area (Å²) in [5, 5.41) is 2.03. The smallest absolute Gasteiger partial charge is 0.318 e. The summed E-state index contributed by atoms with van der Waals surface area (Å²) in [4.78, 5) is 23.5. The Hall–Kier alpha value is -1.14. The topological polar surface area (TPSA) is 101 Å². The first-order chi connectivity index (χ1) is 6.99. The Morgan fingerprint density at radius 1 is 1.40 bits per heavy atom. The molecule has 1 aliphatic heterocycles. The number of imide groups is 1. The molecule has 0 bridgehead atoms. The lowest BCUT2D eigenvalue weighted by Crippen LogP contribution is -2.69. The van der Waals surface area contributed by atoms with E-state index in [0.717, 1.165) is 13.1 Å². The summed E-state index contributed by atoms with van der Waals surface area (Å²) in [6, 6.07) is -0.804. The van der Waals surface area contributed by atoms with E-state index < -0.39 is 6.03 Å². The van der Waals surface area contributed by atoms with Crippen molar-refractivity contribution in [2.75, 3.05) is 19.6 Å². The van der Waals surface area contributed by atoms with Crippen molar-refractivity contribution in [3.05, 3.63) is 0 Å². The average Bonchev–Trinajstić information content (AvgIpc) is 2.80. The van der Waals surface area contributed by atoms with Crippen LogP contribution in [0.15, 0.2) is 0 Å². The van der Waals surface area contributed by atoms with E-state index in [1.54, 1.807) is 0 Å². The third-order valence-electron chi connectivity index (χ3n) is 3.06. The number of primary amides is 1. The maximum atomic E-state index is 11.2. The van der Waals surface area contributed by atoms with Gasteiger partial charge in [0.05, 0.1) is 6.54 Å². The Labute approximate surface area is 88.0 Å². The molecule has 1 saturated carbocycles. The van der Waals surface area contributed by atoms with Crippen LogP contribution in [0.1, 0.15) is 12.8 Å². The highest BCUT2D eigenvalue weighted by Gasteiger charge is 2.50. The summed E-state index contributed by atoms with van der Waals surface area (Å²) in [5.41, 5.74) is 10.8. The molecule has 1 heterocycles. The van der Waals surface area contributed by atoms with Crippen molar-refractivity contribution in [1.29, 1.82) is 0 Å². The first-order valence-corrected chi connectivity index (χ1v) is 5.10. The van der Waals surface area contributed by atoms with Crippen LogP contribution in [0.3, 0.4) is 0 Å². The molecule has 2 rings (SSSR count). The summed E-state index contributed by atoms with van der Waals surface area (Å²) >= 11 is 0. The predicted octanol–water partition coefficient (Wildman–Crippen LogP) is -1.40. The van der Waals surface area contributed by atoms with Crippen LogP contribution in [0.5, 0.6) is 0 Å². The van der Waals surface area contributed by atoms with Crippen molar-refractivity contribution in [2.45, 2.75) is 18.4 Å². The van der Waals surface area contributed by atoms with Gasteiger partial charge in [-0.15, -0.1) is 0 Å². The number of carbonyl (C=O) groups excluding carboxylic acids is 2. The molecule has 2 aliphatic rings. The maximum absolute atomic E-state index is 11.2. The summed E-state index contributed by atoms with van der Waals surface area (Å²) in [5.74, 6) is 0.272. The maximum Gasteiger partial charge on any atom is 0.318 e. The van der Waals surface area contributed by atoms with Crippen molar-refractivity contribution >= 4 is 11.9 Å². The second-order valence-corrected chi connectivity index (χ2v) is 4.57. The van der Waals surface area contributed by atoms with Crippen LogP contribution < -0.4 is 16.8 Å². The summed E-state index contributed by atoms with van der Waals surface area (Å²) in [6.45, 7) is 1.68. The molecule has 0 atom stereocenters. The average molecular weight is 212 g/mol. The normalized spacial score (nSPS) is 24.3. The summed E-state index contributed by atoms with van der Waals surface area (Å²) in [7, 11) is 0. The van der Waals surface area contributed by atoms with E-state index in [1.807, 2.05) is 10.2 Å². The fourth-order valence-corrected chi connectivity index (χ4v) is 2.19. The fraction of sp³-hybridized carbons (Fsp3) is 0.778. The van der Waals surface area contributed by atoms with Crippen molar-refractivity contribution in [3.8, 4) is 0 Å². The minimum Gasteiger partial charge on any atom is -0.351 e. The standard InChI is InChI=1S/C9H16N4O2/c10-8(15)12-7(14)3-13-4-9(11,5-13)6-1-2-6/h6H,1-5,11H2,(H3,10,12,14,15). The lowest BCUT2D eigenvalue weighted by Gasteiger charge is -2.47. The lowest BCUT2D eigenvalue weighted by molar-refractivity contribution is -0.123. The molecule has 5 N–H and O–H groups in total. The molecule has 1 aliphatic carbocycles. The number of rotatable bonds is 3. The van der Waals surface area contributed by atoms with Crippen LogP contribution in [-0.4, -0.2) is 42.0 Å². The minimum atomic E-state index is -0.804. The van der Waals surface area contributed by atoms with Crippen LogP contribution >= 0.6 is 0 Å². The molecule has 0 aromatic carbocycles. The van der Waals surface area contributed by atoms with Gasteiger partial charge in [-0.3, -0.25) is 15.0 Å². The molecule has 0 aromatic rings. The van der Waals surface area contributed by atoms with Gasteiger partial charge >= 0.3 is 6.03 Å². The monoisotopic (exact) mass is 212 g/mol. The summed E-state index contributed by atoms with van der Waals surface area (Å²) < 4.78 is 0. The number of nitrogens with one attached hydrogen (secondary N) is 1. The third kappa shape index (κ3) is 2.27. The van der Waals surface area contributed by atoms with Crippen LogP contribution in [0.4, 0.5) is 4.79 Å². The molecule has 84 valence electrons. The molecular formula is C9H16N4O2. The van der Waals surface area contributed by atoms with Gasteiger partial charge in [-0.1, -0.05) is 0 Å². The second kappa shape index (κ2) is 3.46. The molecular weight excluding hydrogens is 196 g/mol. The number of hydrogen-bond donors (Lipinski definition) is 3. The first kappa shape index (κ1) is 10.4. The van der Waals surface area contributed by atoms with Gasteiger partial charge in [0.25, 0.3) is 0 Å². The number of hydrogen-bond acceptors (Lipinski definition) is 4. The Morgan fingerprint density at radius 2 is 2.00 bits per heavy atom. The molecule has 0 radical (unpaired) electrons. The Kier molecular flexibility index (Phi) is 2.40. The van der Waals surface area contributed by atoms with Gasteiger partial charge in [0.15, 0.2) is 0 Å². The van der Waals surface area contributed by atoms with Gasteiger partial charge in [-0.05, 0) is 18.8 Å². The highest BCUT2D eigenvalue weighted by atomic mass is 16.2. The largest absolute Gasteiger partial charge is 0.351 e. The molecule has 0 unspecified atom stereocenters. The van der Waals surface area contributed by atoms with E-state index >= 15 is 0 Å². The van der Waals surface area contributed by atoms with Crippen molar-refractivity contribution < 1.29 is 9.59 Å². The van der Waals surface area contributed by atoms with Gasteiger partial charge in [0.2, 0.25) is 5.91 Å². The number of carbonyl (C=O) groups is 2. The fourth-order valence-electron chi connectivity index (χ4n) is 2.19. The van der Waals surface area contributed by atoms with Crippen LogP contribution in [0.2, 0.25) is 0 Å². The zero-order valence-corrected chi connectivity index (χ0v) is 8.53. The highest BCUT2D eigenvalue weighted by molar-refractivity contribution is 5.94. The molecule has 0 spiro atoms. The van der Waals surface area contributed by atoms with Gasteiger partial charge in [0, 0.05) is 18.6 Å². The summed E-state index contributed by atoms with van der Waals surface area (Å²) in [6.07, 6.45) is 2.41. The number of likely N-dealkylation sites (tertiary alicyclic amines) is 1. The van der Waals surface area contributed by atoms with Crippen molar-refractivity contribution in [1.82, 2.24) is 10.2 Å². The molecule has 0 aromatic heterocycles. The van der Waals surface area contributed by atoms with E-state index in [2.05, 4.69) is 0 Å². The van der Waals surface area contributed by atoms with Gasteiger partial charge < -0.3 is 11.5 Å². The van der Waals surface area contributed by atoms with Crippen LogP contribution in [0.25, 0.3) is 0 Å². The van der Waals surface area contributed by atoms with Crippen LogP contribution in [-0.2, 0) is 4.79 Å². The molecule has 1 saturated heterocycles. The molecule has 15 heavy (non-hydrogen) atoms. The van der Waals surface area contributed by atoms with Crippen molar-refractivity contribution in [3.63, 3.8) is 0 Å². The Bertz CT molecular complexity index is 294. The Balaban J connectivity index is 1.71. The van der Waals surface area contributed by atoms with Gasteiger partial charge in [-0.25, -0.2) is 4.79 Å².